The molecule has 170 valence electrons. The molecule has 0 aliphatic carbocycles. The van der Waals surface area contributed by atoms with Crippen molar-refractivity contribution in [3.8, 4) is 17.2 Å². The minimum Gasteiger partial charge on any atom is -0.493 e. The van der Waals surface area contributed by atoms with Crippen LogP contribution in [0.2, 0.25) is 25.7 Å². The van der Waals surface area contributed by atoms with Gasteiger partial charge in [-0.3, -0.25) is 0 Å². The average molecular weight is 465 g/mol. The molecule has 0 unspecified atom stereocenters. The minimum absolute atomic E-state index is 0.0377. The molecule has 0 amide bonds. The molecule has 0 radical (unpaired) electrons. The van der Waals surface area contributed by atoms with Crippen LogP contribution in [-0.4, -0.2) is 48.8 Å². The number of carbonyl (C=O) groups is 1. The molecule has 31 heavy (non-hydrogen) atoms. The molecular weight excluding hydrogens is 432 g/mol. The zero-order valence-corrected chi connectivity index (χ0v) is 21.0. The molecule has 0 aliphatic heterocycles. The van der Waals surface area contributed by atoms with E-state index < -0.39 is 14.0 Å². The Morgan fingerprint density at radius 1 is 1.00 bits per heavy atom. The fourth-order valence-corrected chi connectivity index (χ4v) is 4.42. The highest BCUT2D eigenvalue weighted by molar-refractivity contribution is 7.98. The van der Waals surface area contributed by atoms with Gasteiger partial charge in [0.2, 0.25) is 5.75 Å². The van der Waals surface area contributed by atoms with Crippen LogP contribution in [0.5, 0.6) is 17.2 Å². The van der Waals surface area contributed by atoms with Crippen molar-refractivity contribution >= 4 is 25.8 Å². The molecule has 0 fully saturated rings. The van der Waals surface area contributed by atoms with Crippen LogP contribution in [0.15, 0.2) is 41.3 Å². The van der Waals surface area contributed by atoms with Gasteiger partial charge in [-0.05, 0) is 29.8 Å². The third-order valence-corrected chi connectivity index (χ3v) is 7.22. The third-order valence-electron chi connectivity index (χ3n) is 4.46. The van der Waals surface area contributed by atoms with Gasteiger partial charge in [0, 0.05) is 25.8 Å². The average Bonchev–Trinajstić information content (AvgIpc) is 2.74. The van der Waals surface area contributed by atoms with Crippen LogP contribution >= 0.6 is 11.8 Å². The van der Waals surface area contributed by atoms with Crippen LogP contribution in [0.25, 0.3) is 0 Å². The largest absolute Gasteiger partial charge is 0.493 e. The SMILES string of the molecule is COCOc1c(OC)c(OC)cc(CSc2ccccc2)c1C(=O)OCC[Si](C)(C)C. The third kappa shape index (κ3) is 7.48. The van der Waals surface area contributed by atoms with E-state index in [4.69, 9.17) is 23.7 Å². The molecule has 0 aliphatic rings. The summed E-state index contributed by atoms with van der Waals surface area (Å²) >= 11 is 1.61. The van der Waals surface area contributed by atoms with Crippen molar-refractivity contribution in [2.24, 2.45) is 0 Å². The van der Waals surface area contributed by atoms with E-state index in [1.807, 2.05) is 36.4 Å². The molecule has 2 aromatic carbocycles. The van der Waals surface area contributed by atoms with Gasteiger partial charge in [-0.2, -0.15) is 0 Å². The number of ether oxygens (including phenoxy) is 5. The zero-order valence-electron chi connectivity index (χ0n) is 19.2. The number of hydrogen-bond acceptors (Lipinski definition) is 7. The van der Waals surface area contributed by atoms with Crippen molar-refractivity contribution < 1.29 is 28.5 Å². The highest BCUT2D eigenvalue weighted by Crippen LogP contribution is 2.44. The molecule has 0 spiro atoms. The molecule has 2 aromatic rings. The highest BCUT2D eigenvalue weighted by atomic mass is 32.2. The van der Waals surface area contributed by atoms with E-state index in [2.05, 4.69) is 19.6 Å². The Kier molecular flexibility index (Phi) is 9.73. The molecular formula is C23H32O6SSi. The fourth-order valence-electron chi connectivity index (χ4n) is 2.81. The second kappa shape index (κ2) is 12.0. The number of rotatable bonds is 12. The maximum absolute atomic E-state index is 13.2. The molecule has 0 aromatic heterocycles. The van der Waals surface area contributed by atoms with Gasteiger partial charge in [0.15, 0.2) is 18.3 Å². The second-order valence-electron chi connectivity index (χ2n) is 8.07. The van der Waals surface area contributed by atoms with Gasteiger partial charge >= 0.3 is 5.97 Å². The zero-order chi connectivity index (χ0) is 22.9. The summed E-state index contributed by atoms with van der Waals surface area (Å²) in [5.74, 6) is 1.19. The van der Waals surface area contributed by atoms with E-state index in [1.165, 1.54) is 14.2 Å². The van der Waals surface area contributed by atoms with Crippen molar-refractivity contribution in [2.45, 2.75) is 36.3 Å². The van der Waals surface area contributed by atoms with E-state index in [9.17, 15) is 4.79 Å². The molecule has 0 saturated heterocycles. The summed E-state index contributed by atoms with van der Waals surface area (Å²) in [7, 11) is 3.24. The molecule has 0 bridgehead atoms. The van der Waals surface area contributed by atoms with Gasteiger partial charge in [-0.1, -0.05) is 37.8 Å². The predicted octanol–water partition coefficient (Wildman–Crippen LogP) is 5.47. The number of thioether (sulfide) groups is 1. The normalized spacial score (nSPS) is 11.2. The summed E-state index contributed by atoms with van der Waals surface area (Å²) in [5.41, 5.74) is 1.09. The molecule has 8 heteroatoms. The summed E-state index contributed by atoms with van der Waals surface area (Å²) in [5, 5.41) is 0. The van der Waals surface area contributed by atoms with E-state index in [0.717, 1.165) is 16.5 Å². The van der Waals surface area contributed by atoms with Crippen molar-refractivity contribution in [3.05, 3.63) is 47.5 Å². The van der Waals surface area contributed by atoms with E-state index in [-0.39, 0.29) is 12.5 Å². The topological polar surface area (TPSA) is 63.2 Å². The first-order chi connectivity index (χ1) is 14.8. The number of benzene rings is 2. The van der Waals surface area contributed by atoms with Gasteiger partial charge < -0.3 is 23.7 Å². The Balaban J connectivity index is 2.44. The van der Waals surface area contributed by atoms with Gasteiger partial charge in [0.05, 0.1) is 20.8 Å². The molecule has 0 N–H and O–H groups in total. The lowest BCUT2D eigenvalue weighted by Crippen LogP contribution is -2.23. The maximum atomic E-state index is 13.2. The molecule has 0 saturated carbocycles. The van der Waals surface area contributed by atoms with Crippen LogP contribution in [0.3, 0.4) is 0 Å². The monoisotopic (exact) mass is 464 g/mol. The van der Waals surface area contributed by atoms with Crippen LogP contribution < -0.4 is 14.2 Å². The van der Waals surface area contributed by atoms with Gasteiger partial charge in [-0.15, -0.1) is 11.8 Å². The van der Waals surface area contributed by atoms with Gasteiger partial charge in [0.25, 0.3) is 0 Å². The first-order valence-electron chi connectivity index (χ1n) is 10.0. The van der Waals surface area contributed by atoms with Crippen molar-refractivity contribution in [1.82, 2.24) is 0 Å². The summed E-state index contributed by atoms with van der Waals surface area (Å²) in [4.78, 5) is 14.3. The summed E-state index contributed by atoms with van der Waals surface area (Å²) < 4.78 is 27.5. The highest BCUT2D eigenvalue weighted by Gasteiger charge is 2.27. The Hall–Kier alpha value is -2.16. The molecule has 0 atom stereocenters. The second-order valence-corrected chi connectivity index (χ2v) is 14.7. The lowest BCUT2D eigenvalue weighted by molar-refractivity contribution is 0.0420. The lowest BCUT2D eigenvalue weighted by atomic mass is 10.1. The van der Waals surface area contributed by atoms with Crippen molar-refractivity contribution in [1.29, 1.82) is 0 Å². The summed E-state index contributed by atoms with van der Waals surface area (Å²) in [6, 6.07) is 12.7. The number of methoxy groups -OCH3 is 3. The number of hydrogen-bond donors (Lipinski definition) is 0. The minimum atomic E-state index is -1.34. The number of esters is 1. The summed E-state index contributed by atoms with van der Waals surface area (Å²) in [6.07, 6.45) is 0. The van der Waals surface area contributed by atoms with Crippen LogP contribution in [0.1, 0.15) is 15.9 Å². The first-order valence-corrected chi connectivity index (χ1v) is 14.7. The van der Waals surface area contributed by atoms with E-state index in [1.54, 1.807) is 18.9 Å². The summed E-state index contributed by atoms with van der Waals surface area (Å²) in [6.45, 7) is 7.06. The Bertz CT molecular complexity index is 851. The number of carbonyl (C=O) groups excluding carboxylic acids is 1. The lowest BCUT2D eigenvalue weighted by Gasteiger charge is -2.21. The predicted molar refractivity (Wildman–Crippen MR) is 126 cm³/mol. The van der Waals surface area contributed by atoms with E-state index in [0.29, 0.717) is 29.4 Å². The molecule has 0 heterocycles. The first kappa shape index (κ1) is 25.1. The van der Waals surface area contributed by atoms with Crippen LogP contribution in [0, 0.1) is 0 Å². The smallest absolute Gasteiger partial charge is 0.342 e. The van der Waals surface area contributed by atoms with Crippen molar-refractivity contribution in [2.75, 3.05) is 34.7 Å². The van der Waals surface area contributed by atoms with Gasteiger partial charge in [-0.25, -0.2) is 4.79 Å². The standard InChI is InChI=1S/C23H32O6SSi/c1-25-16-29-22-20(23(24)28-12-13-31(4,5)6)17(14-19(26-2)21(22)27-3)15-30-18-10-8-7-9-11-18/h7-11,14H,12-13,15-16H2,1-6H3. The quantitative estimate of drug-likeness (QED) is 0.178. The maximum Gasteiger partial charge on any atom is 0.342 e. The Labute approximate surface area is 190 Å². The molecule has 6 nitrogen and oxygen atoms in total. The van der Waals surface area contributed by atoms with Gasteiger partial charge in [0.1, 0.15) is 5.56 Å². The van der Waals surface area contributed by atoms with Crippen LogP contribution in [0.4, 0.5) is 0 Å². The Morgan fingerprint density at radius 3 is 2.29 bits per heavy atom. The Morgan fingerprint density at radius 2 is 1.71 bits per heavy atom. The fraction of sp³-hybridized carbons (Fsp3) is 0.435. The van der Waals surface area contributed by atoms with E-state index >= 15 is 0 Å². The van der Waals surface area contributed by atoms with Crippen molar-refractivity contribution in [3.63, 3.8) is 0 Å². The molecule has 2 rings (SSSR count). The van der Waals surface area contributed by atoms with Crippen LogP contribution in [-0.2, 0) is 15.2 Å².